The van der Waals surface area contributed by atoms with E-state index in [1.54, 1.807) is 6.92 Å². The van der Waals surface area contributed by atoms with Gasteiger partial charge >= 0.3 is 5.97 Å². The highest BCUT2D eigenvalue weighted by atomic mass is 16.5. The van der Waals surface area contributed by atoms with Gasteiger partial charge in [-0.25, -0.2) is 9.78 Å². The Balaban J connectivity index is 2.49. The smallest absolute Gasteiger partial charge is 0.334 e. The van der Waals surface area contributed by atoms with Crippen LogP contribution in [0.1, 0.15) is 17.4 Å². The van der Waals surface area contributed by atoms with Gasteiger partial charge in [-0.1, -0.05) is 6.58 Å². The van der Waals surface area contributed by atoms with E-state index in [1.165, 1.54) is 17.1 Å². The summed E-state index contributed by atoms with van der Waals surface area (Å²) in [6.45, 7) is 5.03. The molecule has 0 amide bonds. The van der Waals surface area contributed by atoms with E-state index in [9.17, 15) is 9.59 Å². The molecule has 0 saturated carbocycles. The first-order valence-electron chi connectivity index (χ1n) is 3.93. The standard InChI is InChI=1S/C9H10N2O3/c1-7(2)9(13)14-6-11-3-8(4-12)10-5-11/h3-5H,1,6H2,2H3. The third-order valence-corrected chi connectivity index (χ3v) is 1.47. The molecule has 0 aliphatic heterocycles. The molecule has 74 valence electrons. The quantitative estimate of drug-likeness (QED) is 0.403. The first kappa shape index (κ1) is 10.2. The van der Waals surface area contributed by atoms with Crippen LogP contribution in [0.25, 0.3) is 0 Å². The van der Waals surface area contributed by atoms with E-state index in [4.69, 9.17) is 4.74 Å². The van der Waals surface area contributed by atoms with Gasteiger partial charge in [0.15, 0.2) is 13.0 Å². The van der Waals surface area contributed by atoms with Gasteiger partial charge in [0, 0.05) is 11.8 Å². The number of aldehydes is 1. The van der Waals surface area contributed by atoms with Crippen LogP contribution >= 0.6 is 0 Å². The molecule has 0 fully saturated rings. The van der Waals surface area contributed by atoms with Crippen LogP contribution in [0.5, 0.6) is 0 Å². The van der Waals surface area contributed by atoms with E-state index in [1.807, 2.05) is 0 Å². The van der Waals surface area contributed by atoms with Crippen molar-refractivity contribution in [2.75, 3.05) is 0 Å². The van der Waals surface area contributed by atoms with Crippen molar-refractivity contribution < 1.29 is 14.3 Å². The van der Waals surface area contributed by atoms with E-state index in [2.05, 4.69) is 11.6 Å². The molecular weight excluding hydrogens is 184 g/mol. The maximum atomic E-state index is 11.0. The summed E-state index contributed by atoms with van der Waals surface area (Å²) in [7, 11) is 0. The summed E-state index contributed by atoms with van der Waals surface area (Å²) in [6, 6.07) is 0. The summed E-state index contributed by atoms with van der Waals surface area (Å²) in [5, 5.41) is 0. The van der Waals surface area contributed by atoms with Crippen molar-refractivity contribution in [2.24, 2.45) is 0 Å². The van der Waals surface area contributed by atoms with Crippen LogP contribution in [0.15, 0.2) is 24.7 Å². The van der Waals surface area contributed by atoms with Crippen LogP contribution in [-0.2, 0) is 16.3 Å². The zero-order chi connectivity index (χ0) is 10.6. The second kappa shape index (κ2) is 4.36. The Morgan fingerprint density at radius 2 is 2.50 bits per heavy atom. The summed E-state index contributed by atoms with van der Waals surface area (Å²) in [5.74, 6) is -0.466. The second-order valence-electron chi connectivity index (χ2n) is 2.77. The molecule has 0 N–H and O–H groups in total. The molecule has 1 aromatic rings. The lowest BCUT2D eigenvalue weighted by molar-refractivity contribution is -0.142. The van der Waals surface area contributed by atoms with Gasteiger partial charge < -0.3 is 9.30 Å². The molecule has 1 rings (SSSR count). The van der Waals surface area contributed by atoms with Gasteiger partial charge in [-0.05, 0) is 6.92 Å². The van der Waals surface area contributed by atoms with Crippen molar-refractivity contribution in [1.82, 2.24) is 9.55 Å². The van der Waals surface area contributed by atoms with E-state index < -0.39 is 5.97 Å². The molecule has 0 aliphatic rings. The van der Waals surface area contributed by atoms with Gasteiger partial charge in [-0.15, -0.1) is 0 Å². The van der Waals surface area contributed by atoms with Gasteiger partial charge in [0.05, 0.1) is 6.33 Å². The lowest BCUT2D eigenvalue weighted by atomic mass is 10.4. The average Bonchev–Trinajstić information content (AvgIpc) is 2.61. The van der Waals surface area contributed by atoms with Crippen LogP contribution in [0.2, 0.25) is 0 Å². The number of hydrogen-bond acceptors (Lipinski definition) is 4. The number of hydrogen-bond donors (Lipinski definition) is 0. The predicted octanol–water partition coefficient (Wildman–Crippen LogP) is 0.772. The Labute approximate surface area is 81.0 Å². The SMILES string of the molecule is C=C(C)C(=O)OCn1cnc(C=O)c1. The fourth-order valence-corrected chi connectivity index (χ4v) is 0.765. The number of ether oxygens (including phenoxy) is 1. The monoisotopic (exact) mass is 194 g/mol. The number of carbonyl (C=O) groups is 2. The Morgan fingerprint density at radius 3 is 3.00 bits per heavy atom. The number of carbonyl (C=O) groups excluding carboxylic acids is 2. The minimum atomic E-state index is -0.466. The van der Waals surface area contributed by atoms with E-state index >= 15 is 0 Å². The molecule has 5 heteroatoms. The zero-order valence-corrected chi connectivity index (χ0v) is 7.77. The summed E-state index contributed by atoms with van der Waals surface area (Å²) < 4.78 is 6.31. The van der Waals surface area contributed by atoms with Crippen molar-refractivity contribution in [2.45, 2.75) is 13.7 Å². The average molecular weight is 194 g/mol. The predicted molar refractivity (Wildman–Crippen MR) is 48.5 cm³/mol. The van der Waals surface area contributed by atoms with Crippen LogP contribution in [-0.4, -0.2) is 21.8 Å². The van der Waals surface area contributed by atoms with Gasteiger partial charge in [-0.3, -0.25) is 4.79 Å². The Kier molecular flexibility index (Phi) is 3.17. The Morgan fingerprint density at radius 1 is 1.79 bits per heavy atom. The summed E-state index contributed by atoms with van der Waals surface area (Å²) in [4.78, 5) is 25.0. The fraction of sp³-hybridized carbons (Fsp3) is 0.222. The molecule has 0 aromatic carbocycles. The maximum Gasteiger partial charge on any atom is 0.334 e. The van der Waals surface area contributed by atoms with Crippen molar-refractivity contribution in [3.8, 4) is 0 Å². The van der Waals surface area contributed by atoms with Crippen LogP contribution in [0.4, 0.5) is 0 Å². The minimum absolute atomic E-state index is 0.0343. The van der Waals surface area contributed by atoms with Crippen LogP contribution in [0, 0.1) is 0 Å². The van der Waals surface area contributed by atoms with Crippen LogP contribution in [0.3, 0.4) is 0 Å². The normalized spacial score (nSPS) is 9.50. The Hall–Kier alpha value is -1.91. The fourth-order valence-electron chi connectivity index (χ4n) is 0.765. The van der Waals surface area contributed by atoms with Gasteiger partial charge in [-0.2, -0.15) is 0 Å². The van der Waals surface area contributed by atoms with Crippen molar-refractivity contribution in [3.63, 3.8) is 0 Å². The molecule has 0 aliphatic carbocycles. The zero-order valence-electron chi connectivity index (χ0n) is 7.77. The molecule has 5 nitrogen and oxygen atoms in total. The number of rotatable bonds is 4. The highest BCUT2D eigenvalue weighted by Gasteiger charge is 2.03. The van der Waals surface area contributed by atoms with E-state index in [0.717, 1.165) is 0 Å². The van der Waals surface area contributed by atoms with Crippen molar-refractivity contribution in [3.05, 3.63) is 30.4 Å². The molecule has 0 radical (unpaired) electrons. The molecule has 0 spiro atoms. The van der Waals surface area contributed by atoms with Crippen molar-refractivity contribution >= 4 is 12.3 Å². The van der Waals surface area contributed by atoms with Gasteiger partial charge in [0.2, 0.25) is 0 Å². The summed E-state index contributed by atoms with van der Waals surface area (Å²) in [6.07, 6.45) is 3.52. The van der Waals surface area contributed by atoms with Gasteiger partial charge in [0.1, 0.15) is 5.69 Å². The molecule has 1 aromatic heterocycles. The van der Waals surface area contributed by atoms with E-state index in [-0.39, 0.29) is 6.73 Å². The number of nitrogens with zero attached hydrogens (tertiary/aromatic N) is 2. The lowest BCUT2D eigenvalue weighted by Crippen LogP contribution is -2.08. The summed E-state index contributed by atoms with van der Waals surface area (Å²) >= 11 is 0. The second-order valence-corrected chi connectivity index (χ2v) is 2.77. The third-order valence-electron chi connectivity index (χ3n) is 1.47. The first-order valence-corrected chi connectivity index (χ1v) is 3.93. The molecule has 1 heterocycles. The number of esters is 1. The molecule has 0 saturated heterocycles. The molecular formula is C9H10N2O3. The Bertz CT molecular complexity index is 368. The highest BCUT2D eigenvalue weighted by Crippen LogP contribution is 1.97. The summed E-state index contributed by atoms with van der Waals surface area (Å²) in [5.41, 5.74) is 0.636. The third kappa shape index (κ3) is 2.55. The highest BCUT2D eigenvalue weighted by molar-refractivity contribution is 5.86. The number of imidazole rings is 1. The molecule has 0 atom stereocenters. The first-order chi connectivity index (χ1) is 6.63. The lowest BCUT2D eigenvalue weighted by Gasteiger charge is -2.03. The van der Waals surface area contributed by atoms with Crippen LogP contribution < -0.4 is 0 Å². The van der Waals surface area contributed by atoms with Gasteiger partial charge in [0.25, 0.3) is 0 Å². The van der Waals surface area contributed by atoms with E-state index in [0.29, 0.717) is 17.6 Å². The minimum Gasteiger partial charge on any atom is -0.441 e. The molecule has 0 bridgehead atoms. The number of aromatic nitrogens is 2. The molecule has 14 heavy (non-hydrogen) atoms. The topological polar surface area (TPSA) is 61.2 Å². The van der Waals surface area contributed by atoms with Crippen molar-refractivity contribution in [1.29, 1.82) is 0 Å². The largest absolute Gasteiger partial charge is 0.441 e. The molecule has 0 unspecified atom stereocenters. The maximum absolute atomic E-state index is 11.0.